The van der Waals surface area contributed by atoms with Crippen LogP contribution in [0.1, 0.15) is 5.82 Å². The number of amides is 2. The number of imidazole rings is 1. The number of alkyl halides is 3. The lowest BCUT2D eigenvalue weighted by atomic mass is 10.2. The van der Waals surface area contributed by atoms with Crippen LogP contribution in [0.5, 0.6) is 5.75 Å². The van der Waals surface area contributed by atoms with E-state index in [-0.39, 0.29) is 5.75 Å². The van der Waals surface area contributed by atoms with Gasteiger partial charge >= 0.3 is 12.4 Å². The molecule has 2 aromatic heterocycles. The maximum absolute atomic E-state index is 12.2. The molecule has 9 nitrogen and oxygen atoms in total. The molecule has 2 aromatic carbocycles. The van der Waals surface area contributed by atoms with Crippen molar-refractivity contribution in [3.05, 3.63) is 79.1 Å². The zero-order valence-electron chi connectivity index (χ0n) is 17.7. The van der Waals surface area contributed by atoms with Crippen molar-refractivity contribution in [2.24, 2.45) is 0 Å². The second-order valence-electron chi connectivity index (χ2n) is 6.96. The molecule has 12 heteroatoms. The van der Waals surface area contributed by atoms with Crippen molar-refractivity contribution in [1.82, 2.24) is 19.5 Å². The molecule has 0 bridgehead atoms. The lowest BCUT2D eigenvalue weighted by Gasteiger charge is -2.11. The fraction of sp³-hybridized carbons (Fsp3) is 0.0909. The quantitative estimate of drug-likeness (QED) is 0.356. The summed E-state index contributed by atoms with van der Waals surface area (Å²) in [5, 5.41) is 8.34. The molecular weight excluding hydrogens is 451 g/mol. The van der Waals surface area contributed by atoms with Crippen molar-refractivity contribution >= 4 is 28.9 Å². The number of benzene rings is 2. The van der Waals surface area contributed by atoms with Gasteiger partial charge in [0, 0.05) is 35.5 Å². The van der Waals surface area contributed by atoms with E-state index in [1.807, 2.05) is 11.5 Å². The number of hydrogen-bond donors (Lipinski definition) is 3. The molecular formula is C22H18F3N7O2. The van der Waals surface area contributed by atoms with Gasteiger partial charge in [-0.05, 0) is 55.5 Å². The van der Waals surface area contributed by atoms with Gasteiger partial charge in [-0.1, -0.05) is 0 Å². The average Bonchev–Trinajstić information content (AvgIpc) is 3.22. The molecule has 174 valence electrons. The minimum Gasteiger partial charge on any atom is -0.406 e. The molecule has 0 aliphatic carbocycles. The Morgan fingerprint density at radius 3 is 2.12 bits per heavy atom. The first-order valence-electron chi connectivity index (χ1n) is 9.88. The highest BCUT2D eigenvalue weighted by Crippen LogP contribution is 2.24. The van der Waals surface area contributed by atoms with E-state index in [1.165, 1.54) is 18.5 Å². The minimum atomic E-state index is -4.78. The van der Waals surface area contributed by atoms with E-state index < -0.39 is 12.4 Å². The minimum absolute atomic E-state index is 0.304. The van der Waals surface area contributed by atoms with Crippen molar-refractivity contribution in [3.63, 3.8) is 0 Å². The highest BCUT2D eigenvalue weighted by atomic mass is 19.4. The first-order chi connectivity index (χ1) is 16.2. The van der Waals surface area contributed by atoms with E-state index in [0.717, 1.165) is 23.6 Å². The number of nitrogens with one attached hydrogen (secondary N) is 3. The Hall–Kier alpha value is -4.61. The summed E-state index contributed by atoms with van der Waals surface area (Å²) in [5.74, 6) is 1.66. The molecule has 34 heavy (non-hydrogen) atoms. The van der Waals surface area contributed by atoms with Crippen LogP contribution in [-0.2, 0) is 0 Å². The molecule has 0 spiro atoms. The second kappa shape index (κ2) is 9.48. The molecule has 4 aromatic rings. The molecule has 0 radical (unpaired) electrons. The van der Waals surface area contributed by atoms with Crippen molar-refractivity contribution in [1.29, 1.82) is 0 Å². The first kappa shape index (κ1) is 22.6. The van der Waals surface area contributed by atoms with E-state index in [4.69, 9.17) is 0 Å². The number of aryl methyl sites for hydroxylation is 1. The molecule has 4 rings (SSSR count). The third kappa shape index (κ3) is 6.00. The number of halogens is 3. The number of urea groups is 1. The molecule has 0 atom stereocenters. The zero-order chi connectivity index (χ0) is 24.1. The standard InChI is InChI=1S/C22H18F3N7O2/c1-14-26-10-11-32(14)20-12-19(27-13-28-20)29-15-2-4-16(5-3-15)30-21(33)31-17-6-8-18(9-7-17)34-22(23,24)25/h2-13H,1H3,(H,27,28,29)(H2,30,31,33). The molecule has 0 saturated heterocycles. The molecule has 0 unspecified atom stereocenters. The molecule has 0 aliphatic heterocycles. The third-order valence-electron chi connectivity index (χ3n) is 4.49. The van der Waals surface area contributed by atoms with Gasteiger partial charge in [-0.3, -0.25) is 4.57 Å². The van der Waals surface area contributed by atoms with Gasteiger partial charge in [0.15, 0.2) is 0 Å². The highest BCUT2D eigenvalue weighted by molar-refractivity contribution is 5.99. The summed E-state index contributed by atoms with van der Waals surface area (Å²) < 4.78 is 42.3. The number of ether oxygens (including phenoxy) is 1. The van der Waals surface area contributed by atoms with E-state index in [2.05, 4.69) is 35.6 Å². The Morgan fingerprint density at radius 1 is 0.912 bits per heavy atom. The lowest BCUT2D eigenvalue weighted by Crippen LogP contribution is -2.19. The SMILES string of the molecule is Cc1nccn1-c1cc(Nc2ccc(NC(=O)Nc3ccc(OC(F)(F)F)cc3)cc2)ncn1. The first-order valence-corrected chi connectivity index (χ1v) is 9.88. The third-order valence-corrected chi connectivity index (χ3v) is 4.49. The van der Waals surface area contributed by atoms with Gasteiger partial charge in [0.05, 0.1) is 0 Å². The normalized spacial score (nSPS) is 11.1. The van der Waals surface area contributed by atoms with Crippen LogP contribution < -0.4 is 20.7 Å². The van der Waals surface area contributed by atoms with Crippen LogP contribution in [0.25, 0.3) is 5.82 Å². The maximum atomic E-state index is 12.2. The van der Waals surface area contributed by atoms with Crippen molar-refractivity contribution in [2.75, 3.05) is 16.0 Å². The fourth-order valence-corrected chi connectivity index (χ4v) is 2.99. The number of anilines is 4. The van der Waals surface area contributed by atoms with E-state index in [9.17, 15) is 18.0 Å². The molecule has 2 amide bonds. The number of carbonyl (C=O) groups excluding carboxylic acids is 1. The van der Waals surface area contributed by atoms with Gasteiger partial charge in [-0.2, -0.15) is 0 Å². The predicted molar refractivity (Wildman–Crippen MR) is 119 cm³/mol. The second-order valence-corrected chi connectivity index (χ2v) is 6.96. The highest BCUT2D eigenvalue weighted by Gasteiger charge is 2.30. The molecule has 0 fully saturated rings. The lowest BCUT2D eigenvalue weighted by molar-refractivity contribution is -0.274. The van der Waals surface area contributed by atoms with Crippen LogP contribution in [0, 0.1) is 6.92 Å². The van der Waals surface area contributed by atoms with Gasteiger partial charge < -0.3 is 20.7 Å². The summed E-state index contributed by atoms with van der Waals surface area (Å²) >= 11 is 0. The summed E-state index contributed by atoms with van der Waals surface area (Å²) in [5.41, 5.74) is 1.55. The van der Waals surface area contributed by atoms with Crippen molar-refractivity contribution < 1.29 is 22.7 Å². The molecule has 0 aliphatic rings. The molecule has 0 saturated carbocycles. The van der Waals surface area contributed by atoms with E-state index >= 15 is 0 Å². The molecule has 2 heterocycles. The van der Waals surface area contributed by atoms with Crippen molar-refractivity contribution in [3.8, 4) is 11.6 Å². The number of nitrogens with zero attached hydrogens (tertiary/aromatic N) is 4. The number of hydrogen-bond acceptors (Lipinski definition) is 6. The summed E-state index contributed by atoms with van der Waals surface area (Å²) in [7, 11) is 0. The Morgan fingerprint density at radius 2 is 1.53 bits per heavy atom. The number of aromatic nitrogens is 4. The summed E-state index contributed by atoms with van der Waals surface area (Å²) in [6.07, 6.45) is 0.156. The van der Waals surface area contributed by atoms with Crippen LogP contribution in [0.4, 0.5) is 40.8 Å². The van der Waals surface area contributed by atoms with Gasteiger partial charge in [0.25, 0.3) is 0 Å². The van der Waals surface area contributed by atoms with Gasteiger partial charge in [-0.25, -0.2) is 19.7 Å². The summed E-state index contributed by atoms with van der Waals surface area (Å²) in [6.45, 7) is 1.87. The Balaban J connectivity index is 1.33. The van der Waals surface area contributed by atoms with E-state index in [0.29, 0.717) is 23.0 Å². The topological polar surface area (TPSA) is 106 Å². The Kier molecular flexibility index (Phi) is 6.30. The number of carbonyl (C=O) groups is 1. The van der Waals surface area contributed by atoms with Crippen LogP contribution >= 0.6 is 0 Å². The molecule has 3 N–H and O–H groups in total. The van der Waals surface area contributed by atoms with Gasteiger partial charge in [-0.15, -0.1) is 13.2 Å². The predicted octanol–water partition coefficient (Wildman–Crippen LogP) is 5.26. The van der Waals surface area contributed by atoms with E-state index in [1.54, 1.807) is 42.7 Å². The van der Waals surface area contributed by atoms with Crippen LogP contribution in [0.3, 0.4) is 0 Å². The van der Waals surface area contributed by atoms with Crippen molar-refractivity contribution in [2.45, 2.75) is 13.3 Å². The summed E-state index contributed by atoms with van der Waals surface area (Å²) in [6, 6.07) is 12.9. The maximum Gasteiger partial charge on any atom is 0.573 e. The fourth-order valence-electron chi connectivity index (χ4n) is 2.99. The van der Waals surface area contributed by atoms with Crippen LogP contribution in [-0.4, -0.2) is 31.9 Å². The monoisotopic (exact) mass is 469 g/mol. The smallest absolute Gasteiger partial charge is 0.406 e. The Labute approximate surface area is 191 Å². The Bertz CT molecular complexity index is 1270. The van der Waals surface area contributed by atoms with Crippen LogP contribution in [0.15, 0.2) is 73.3 Å². The number of rotatable bonds is 6. The van der Waals surface area contributed by atoms with Crippen LogP contribution in [0.2, 0.25) is 0 Å². The largest absolute Gasteiger partial charge is 0.573 e. The zero-order valence-corrected chi connectivity index (χ0v) is 17.7. The van der Waals surface area contributed by atoms with Gasteiger partial charge in [0.1, 0.15) is 29.5 Å². The summed E-state index contributed by atoms with van der Waals surface area (Å²) in [4.78, 5) is 24.8. The van der Waals surface area contributed by atoms with Gasteiger partial charge in [0.2, 0.25) is 0 Å². The average molecular weight is 469 g/mol.